The smallest absolute Gasteiger partial charge is 0.134 e. The van der Waals surface area contributed by atoms with Crippen LogP contribution in [0.15, 0.2) is 18.2 Å². The van der Waals surface area contributed by atoms with Crippen LogP contribution in [0.4, 0.5) is 5.69 Å². The normalized spacial score (nSPS) is 17.8. The van der Waals surface area contributed by atoms with E-state index in [-0.39, 0.29) is 5.75 Å². The van der Waals surface area contributed by atoms with Crippen LogP contribution in [-0.2, 0) is 0 Å². The van der Waals surface area contributed by atoms with Gasteiger partial charge in [-0.05, 0) is 31.0 Å². The van der Waals surface area contributed by atoms with Crippen molar-refractivity contribution in [3.63, 3.8) is 0 Å². The Kier molecular flexibility index (Phi) is 2.30. The number of piperidine rings is 1. The fraction of sp³-hybridized carbons (Fsp3) is 0.357. The van der Waals surface area contributed by atoms with E-state index in [1.54, 1.807) is 12.1 Å². The highest BCUT2D eigenvalue weighted by Crippen LogP contribution is 2.46. The number of fused-ring (bicyclic) bond motifs is 2. The van der Waals surface area contributed by atoms with Crippen molar-refractivity contribution in [3.05, 3.63) is 28.9 Å². The maximum atomic E-state index is 9.51. The van der Waals surface area contributed by atoms with E-state index in [1.807, 2.05) is 6.07 Å². The lowest BCUT2D eigenvalue weighted by molar-refractivity contribution is 0.466. The molecule has 4 nitrogen and oxygen atoms in total. The number of aromatic amines is 1. The summed E-state index contributed by atoms with van der Waals surface area (Å²) in [5, 5.41) is 17.5. The number of phenolic OH excluding ortho intramolecular Hbond substituents is 1. The number of nitrogens with zero attached hydrogens (tertiary/aromatic N) is 2. The van der Waals surface area contributed by atoms with Crippen molar-refractivity contribution < 1.29 is 5.11 Å². The number of phenols is 1. The summed E-state index contributed by atoms with van der Waals surface area (Å²) in [5.74, 6) is 0.727. The molecule has 5 heteroatoms. The SMILES string of the molecule is Oc1ccc(-c2n[nH]c3c2N2CCC3CC2)cc1Cl. The van der Waals surface area contributed by atoms with Gasteiger partial charge in [-0.25, -0.2) is 0 Å². The molecule has 5 rings (SSSR count). The molecule has 0 spiro atoms. The Morgan fingerprint density at radius 1 is 1.32 bits per heavy atom. The van der Waals surface area contributed by atoms with E-state index >= 15 is 0 Å². The average Bonchev–Trinajstić information content (AvgIpc) is 2.90. The van der Waals surface area contributed by atoms with Crippen molar-refractivity contribution in [2.45, 2.75) is 18.8 Å². The van der Waals surface area contributed by atoms with Crippen LogP contribution in [0.2, 0.25) is 5.02 Å². The maximum Gasteiger partial charge on any atom is 0.134 e. The second kappa shape index (κ2) is 3.90. The molecular formula is C14H14ClN3O. The second-order valence-electron chi connectivity index (χ2n) is 5.26. The first-order chi connectivity index (χ1) is 9.24. The van der Waals surface area contributed by atoms with Crippen molar-refractivity contribution in [2.24, 2.45) is 0 Å². The molecule has 1 aromatic heterocycles. The lowest BCUT2D eigenvalue weighted by Crippen LogP contribution is -2.38. The fourth-order valence-electron chi connectivity index (χ4n) is 3.20. The predicted molar refractivity (Wildman–Crippen MR) is 74.9 cm³/mol. The van der Waals surface area contributed by atoms with Gasteiger partial charge in [0.25, 0.3) is 0 Å². The summed E-state index contributed by atoms with van der Waals surface area (Å²) >= 11 is 5.99. The first kappa shape index (κ1) is 11.2. The Morgan fingerprint density at radius 2 is 2.11 bits per heavy atom. The maximum absolute atomic E-state index is 9.51. The minimum Gasteiger partial charge on any atom is -0.506 e. The fourth-order valence-corrected chi connectivity index (χ4v) is 3.38. The third-order valence-corrected chi connectivity index (χ3v) is 4.51. The Morgan fingerprint density at radius 3 is 2.84 bits per heavy atom. The number of anilines is 1. The minimum absolute atomic E-state index is 0.108. The van der Waals surface area contributed by atoms with Crippen LogP contribution in [0.25, 0.3) is 11.3 Å². The molecule has 0 radical (unpaired) electrons. The minimum atomic E-state index is 0.108. The van der Waals surface area contributed by atoms with Gasteiger partial charge >= 0.3 is 0 Å². The summed E-state index contributed by atoms with van der Waals surface area (Å²) in [5.41, 5.74) is 4.38. The van der Waals surface area contributed by atoms with Crippen molar-refractivity contribution in [1.29, 1.82) is 0 Å². The van der Waals surface area contributed by atoms with Crippen LogP contribution < -0.4 is 4.90 Å². The summed E-state index contributed by atoms with van der Waals surface area (Å²) in [6.45, 7) is 2.21. The molecule has 3 aliphatic rings. The van der Waals surface area contributed by atoms with E-state index in [0.717, 1.165) is 24.3 Å². The first-order valence-electron chi connectivity index (χ1n) is 6.56. The van der Waals surface area contributed by atoms with E-state index in [2.05, 4.69) is 15.1 Å². The van der Waals surface area contributed by atoms with Crippen LogP contribution in [0.5, 0.6) is 5.75 Å². The van der Waals surface area contributed by atoms with Gasteiger partial charge in [-0.3, -0.25) is 5.10 Å². The molecule has 0 aliphatic carbocycles. The summed E-state index contributed by atoms with van der Waals surface area (Å²) in [6.07, 6.45) is 2.43. The van der Waals surface area contributed by atoms with Gasteiger partial charge < -0.3 is 10.0 Å². The number of hydrogen-bond acceptors (Lipinski definition) is 3. The first-order valence-corrected chi connectivity index (χ1v) is 6.94. The van der Waals surface area contributed by atoms with Gasteiger partial charge in [0, 0.05) is 24.6 Å². The Hall–Kier alpha value is -1.68. The monoisotopic (exact) mass is 275 g/mol. The van der Waals surface area contributed by atoms with Gasteiger partial charge in [-0.1, -0.05) is 11.6 Å². The van der Waals surface area contributed by atoms with Crippen molar-refractivity contribution in [1.82, 2.24) is 10.2 Å². The zero-order valence-corrected chi connectivity index (χ0v) is 11.1. The van der Waals surface area contributed by atoms with E-state index in [9.17, 15) is 5.11 Å². The van der Waals surface area contributed by atoms with Crippen molar-refractivity contribution in [3.8, 4) is 17.0 Å². The second-order valence-corrected chi connectivity index (χ2v) is 5.67. The number of aromatic nitrogens is 2. The Labute approximate surface area is 116 Å². The van der Waals surface area contributed by atoms with Crippen LogP contribution in [0.1, 0.15) is 24.5 Å². The van der Waals surface area contributed by atoms with Crippen LogP contribution >= 0.6 is 11.6 Å². The number of nitrogens with one attached hydrogen (secondary N) is 1. The molecular weight excluding hydrogens is 262 g/mol. The number of H-pyrrole nitrogens is 1. The molecule has 1 aromatic carbocycles. The Bertz CT molecular complexity index is 644. The molecule has 2 aromatic rings. The van der Waals surface area contributed by atoms with E-state index in [4.69, 9.17) is 11.6 Å². The van der Waals surface area contributed by atoms with Crippen LogP contribution in [-0.4, -0.2) is 28.4 Å². The molecule has 0 saturated carbocycles. The number of hydrogen-bond donors (Lipinski definition) is 2. The van der Waals surface area contributed by atoms with E-state index in [0.29, 0.717) is 10.9 Å². The third-order valence-electron chi connectivity index (χ3n) is 4.21. The molecule has 4 heterocycles. The van der Waals surface area contributed by atoms with Crippen molar-refractivity contribution in [2.75, 3.05) is 18.0 Å². The van der Waals surface area contributed by atoms with Gasteiger partial charge in [0.2, 0.25) is 0 Å². The van der Waals surface area contributed by atoms with Gasteiger partial charge in [0.1, 0.15) is 11.4 Å². The quantitative estimate of drug-likeness (QED) is 0.841. The number of benzene rings is 1. The zero-order valence-electron chi connectivity index (χ0n) is 10.4. The van der Waals surface area contributed by atoms with Crippen LogP contribution in [0, 0.1) is 0 Å². The number of aromatic hydroxyl groups is 1. The van der Waals surface area contributed by atoms with Crippen LogP contribution in [0.3, 0.4) is 0 Å². The molecule has 2 N–H and O–H groups in total. The highest BCUT2D eigenvalue weighted by molar-refractivity contribution is 6.32. The highest BCUT2D eigenvalue weighted by atomic mass is 35.5. The molecule has 1 fully saturated rings. The van der Waals surface area contributed by atoms with Gasteiger partial charge in [-0.2, -0.15) is 5.10 Å². The summed E-state index contributed by atoms with van der Waals surface area (Å²) in [4.78, 5) is 2.40. The largest absolute Gasteiger partial charge is 0.506 e. The molecule has 19 heavy (non-hydrogen) atoms. The highest BCUT2D eigenvalue weighted by Gasteiger charge is 2.35. The van der Waals surface area contributed by atoms with Gasteiger partial charge in [0.05, 0.1) is 16.4 Å². The molecule has 98 valence electrons. The topological polar surface area (TPSA) is 52.2 Å². The molecule has 2 bridgehead atoms. The number of rotatable bonds is 1. The van der Waals surface area contributed by atoms with Gasteiger partial charge in [-0.15, -0.1) is 0 Å². The Balaban J connectivity index is 1.87. The van der Waals surface area contributed by atoms with Gasteiger partial charge in [0.15, 0.2) is 0 Å². The average molecular weight is 276 g/mol. The summed E-state index contributed by atoms with van der Waals surface area (Å²) in [7, 11) is 0. The van der Waals surface area contributed by atoms with E-state index in [1.165, 1.54) is 24.2 Å². The lowest BCUT2D eigenvalue weighted by Gasteiger charge is -2.40. The molecule has 0 unspecified atom stereocenters. The standard InChI is InChI=1S/C14H14ClN3O/c15-10-7-9(1-2-11(10)19)13-14-12(16-17-13)8-3-5-18(14)6-4-8/h1-2,7-8,19H,3-6H2,(H,16,17). The molecule has 0 atom stereocenters. The summed E-state index contributed by atoms with van der Waals surface area (Å²) < 4.78 is 0. The van der Waals surface area contributed by atoms with Crippen molar-refractivity contribution >= 4 is 17.3 Å². The third kappa shape index (κ3) is 1.56. The summed E-state index contributed by atoms with van der Waals surface area (Å²) in [6, 6.07) is 5.26. The molecule has 3 aliphatic heterocycles. The zero-order chi connectivity index (χ0) is 13.0. The number of halogens is 1. The molecule has 1 saturated heterocycles. The lowest BCUT2D eigenvalue weighted by atomic mass is 9.86. The van der Waals surface area contributed by atoms with E-state index < -0.39 is 0 Å². The molecule has 0 amide bonds. The predicted octanol–water partition coefficient (Wildman–Crippen LogP) is 3.13.